The molecule has 0 saturated carbocycles. The van der Waals surface area contributed by atoms with Gasteiger partial charge in [0.2, 0.25) is 6.26 Å². The lowest BCUT2D eigenvalue weighted by Crippen LogP contribution is -2.30. The third kappa shape index (κ3) is 3.96. The monoisotopic (exact) mass is 412 g/mol. The highest BCUT2D eigenvalue weighted by Crippen LogP contribution is 2.37. The van der Waals surface area contributed by atoms with Crippen LogP contribution < -0.4 is 5.41 Å². The number of nitrogens with two attached hydrogens (primary N) is 1. The second kappa shape index (κ2) is 7.28. The Hall–Kier alpha value is -2.46. The molecule has 0 spiro atoms. The average molecular weight is 412 g/mol. The van der Waals surface area contributed by atoms with E-state index in [0.29, 0.717) is 32.9 Å². The molecule has 0 aliphatic carbocycles. The number of rotatable bonds is 4. The number of aryl methyl sites for hydroxylation is 1. The van der Waals surface area contributed by atoms with Gasteiger partial charge in [0.15, 0.2) is 6.21 Å². The number of thioether (sulfide) groups is 1. The number of benzene rings is 1. The van der Waals surface area contributed by atoms with Crippen LogP contribution in [0.25, 0.3) is 28.0 Å². The molecule has 3 aromatic rings. The fourth-order valence-corrected chi connectivity index (χ4v) is 3.44. The smallest absolute Gasteiger partial charge is 0.447 e. The Kier molecular flexibility index (Phi) is 5.20. The average Bonchev–Trinajstić information content (AvgIpc) is 2.91. The maximum Gasteiger partial charge on any atom is 0.447 e. The van der Waals surface area contributed by atoms with Crippen LogP contribution in [0.5, 0.6) is 0 Å². The molecule has 0 amide bonds. The number of thiol groups is 1. The number of halogens is 3. The number of fused-ring (bicyclic) bond motifs is 1. The first-order chi connectivity index (χ1) is 12.7. The second-order valence-corrected chi connectivity index (χ2v) is 7.12. The molecule has 0 saturated heterocycles. The fourth-order valence-electron chi connectivity index (χ4n) is 2.61. The summed E-state index contributed by atoms with van der Waals surface area (Å²) in [5.41, 5.74) is -1.42. The van der Waals surface area contributed by atoms with Crippen molar-refractivity contribution in [1.29, 1.82) is 0 Å². The zero-order chi connectivity index (χ0) is 19.8. The van der Waals surface area contributed by atoms with E-state index in [4.69, 9.17) is 10.5 Å². The zero-order valence-electron chi connectivity index (χ0n) is 13.9. The Balaban J connectivity index is 2.07. The van der Waals surface area contributed by atoms with E-state index in [1.807, 2.05) is 0 Å². The first kappa shape index (κ1) is 19.3. The summed E-state index contributed by atoms with van der Waals surface area (Å²) in [6, 6.07) is 6.63. The van der Waals surface area contributed by atoms with E-state index >= 15 is 0 Å². The Bertz CT molecular complexity index is 1060. The quantitative estimate of drug-likeness (QED) is 0.227. The van der Waals surface area contributed by atoms with Gasteiger partial charge in [0.05, 0.1) is 17.2 Å². The van der Waals surface area contributed by atoms with Crippen molar-refractivity contribution < 1.29 is 23.7 Å². The number of allylic oxidation sites excluding steroid dienone is 1. The summed E-state index contributed by atoms with van der Waals surface area (Å²) in [4.78, 5) is 8.92. The van der Waals surface area contributed by atoms with Crippen molar-refractivity contribution in [2.24, 2.45) is 7.05 Å². The molecule has 0 aliphatic rings. The largest absolute Gasteiger partial charge is 0.598 e. The van der Waals surface area contributed by atoms with Crippen LogP contribution in [0.1, 0.15) is 5.56 Å². The standard InChI is InChI=1S/C17H13F3N4OS2/c1-24-13-7-22-15(27-17(18,19)20)5-12(13)23-16(24)11-3-2-9(4-14(11)26)10(6-21)8-25/h2-8,21,25-26H,1H3/p+2/b10-8+,21-6?. The highest BCUT2D eigenvalue weighted by atomic mass is 32.2. The molecule has 0 unspecified atom stereocenters. The van der Waals surface area contributed by atoms with Crippen molar-refractivity contribution in [3.8, 4) is 11.4 Å². The molecule has 1 aromatic carbocycles. The lowest BCUT2D eigenvalue weighted by molar-refractivity contribution is -0.103. The Morgan fingerprint density at radius 2 is 2.07 bits per heavy atom. The SMILES string of the molecule is Cn1c(-c2ccc(/C(C=[NH2+])=C/[OH2+])cc2S)nc2cc(SC(F)(F)F)ncc21. The van der Waals surface area contributed by atoms with Gasteiger partial charge in [0, 0.05) is 29.3 Å². The van der Waals surface area contributed by atoms with E-state index in [1.165, 1.54) is 18.5 Å². The molecule has 0 bridgehead atoms. The van der Waals surface area contributed by atoms with Gasteiger partial charge in [0.1, 0.15) is 16.4 Å². The molecule has 0 atom stereocenters. The first-order valence-corrected chi connectivity index (χ1v) is 8.84. The molecule has 10 heteroatoms. The first-order valence-electron chi connectivity index (χ1n) is 7.58. The van der Waals surface area contributed by atoms with Crippen LogP contribution >= 0.6 is 24.4 Å². The van der Waals surface area contributed by atoms with Crippen LogP contribution in [0.4, 0.5) is 13.2 Å². The summed E-state index contributed by atoms with van der Waals surface area (Å²) in [6.45, 7) is 0. The normalized spacial score (nSPS) is 12.6. The predicted octanol–water partition coefficient (Wildman–Crippen LogP) is 2.43. The van der Waals surface area contributed by atoms with E-state index in [0.717, 1.165) is 11.8 Å². The van der Waals surface area contributed by atoms with Crippen molar-refractivity contribution >= 4 is 47.2 Å². The molecular formula is C17H15F3N4OS2+2. The van der Waals surface area contributed by atoms with Crippen LogP contribution in [0.2, 0.25) is 0 Å². The predicted molar refractivity (Wildman–Crippen MR) is 103 cm³/mol. The number of pyridine rings is 1. The van der Waals surface area contributed by atoms with E-state index in [1.54, 1.807) is 29.8 Å². The van der Waals surface area contributed by atoms with Gasteiger partial charge < -0.3 is 9.67 Å². The van der Waals surface area contributed by atoms with Crippen LogP contribution in [0, 0.1) is 0 Å². The minimum absolute atomic E-state index is 0.162. The van der Waals surface area contributed by atoms with Crippen LogP contribution in [0.15, 0.2) is 46.6 Å². The number of aromatic nitrogens is 3. The zero-order valence-corrected chi connectivity index (χ0v) is 15.7. The molecule has 27 heavy (non-hydrogen) atoms. The summed E-state index contributed by atoms with van der Waals surface area (Å²) in [7, 11) is 1.76. The number of nitrogens with zero attached hydrogens (tertiary/aromatic N) is 3. The van der Waals surface area contributed by atoms with Gasteiger partial charge in [-0.15, -0.1) is 12.6 Å². The number of imidazole rings is 1. The Labute approximate surface area is 161 Å². The van der Waals surface area contributed by atoms with Gasteiger partial charge in [-0.25, -0.2) is 9.97 Å². The maximum absolute atomic E-state index is 12.6. The van der Waals surface area contributed by atoms with E-state index in [9.17, 15) is 13.2 Å². The lowest BCUT2D eigenvalue weighted by atomic mass is 10.1. The van der Waals surface area contributed by atoms with E-state index < -0.39 is 5.51 Å². The number of alkyl halides is 3. The Morgan fingerprint density at radius 1 is 1.33 bits per heavy atom. The summed E-state index contributed by atoms with van der Waals surface area (Å²) in [5.74, 6) is 0.547. The van der Waals surface area contributed by atoms with E-state index in [2.05, 4.69) is 22.6 Å². The van der Waals surface area contributed by atoms with Crippen molar-refractivity contribution in [3.63, 3.8) is 0 Å². The highest BCUT2D eigenvalue weighted by molar-refractivity contribution is 8.00. The lowest BCUT2D eigenvalue weighted by Gasteiger charge is -2.07. The van der Waals surface area contributed by atoms with Gasteiger partial charge >= 0.3 is 5.51 Å². The molecule has 2 heterocycles. The van der Waals surface area contributed by atoms with Crippen molar-refractivity contribution in [2.45, 2.75) is 15.4 Å². The maximum atomic E-state index is 12.6. The molecule has 0 aliphatic heterocycles. The summed E-state index contributed by atoms with van der Waals surface area (Å²) >= 11 is 4.22. The third-order valence-electron chi connectivity index (χ3n) is 3.87. The molecule has 2 aromatic heterocycles. The van der Waals surface area contributed by atoms with Gasteiger partial charge in [-0.3, -0.25) is 5.41 Å². The van der Waals surface area contributed by atoms with Gasteiger partial charge in [-0.1, -0.05) is 6.07 Å². The van der Waals surface area contributed by atoms with Gasteiger partial charge in [0.25, 0.3) is 0 Å². The van der Waals surface area contributed by atoms with Crippen molar-refractivity contribution in [1.82, 2.24) is 14.5 Å². The van der Waals surface area contributed by atoms with Crippen LogP contribution in [0.3, 0.4) is 0 Å². The number of hydrogen-bond donors (Lipinski definition) is 2. The molecule has 0 radical (unpaired) electrons. The molecule has 5 nitrogen and oxygen atoms in total. The molecular weight excluding hydrogens is 397 g/mol. The third-order valence-corrected chi connectivity index (χ3v) is 4.90. The molecule has 3 rings (SSSR count). The molecule has 4 N–H and O–H groups in total. The topological polar surface area (TPSA) is 79.2 Å². The highest BCUT2D eigenvalue weighted by Gasteiger charge is 2.30. The van der Waals surface area contributed by atoms with Crippen LogP contribution in [-0.2, 0) is 7.05 Å². The summed E-state index contributed by atoms with van der Waals surface area (Å²) in [6.07, 6.45) is 3.84. The minimum atomic E-state index is -4.41. The molecule has 140 valence electrons. The summed E-state index contributed by atoms with van der Waals surface area (Å²) < 4.78 is 39.4. The Morgan fingerprint density at radius 3 is 2.67 bits per heavy atom. The van der Waals surface area contributed by atoms with E-state index in [-0.39, 0.29) is 16.8 Å². The minimum Gasteiger partial charge on any atom is -0.598 e. The van der Waals surface area contributed by atoms with Crippen LogP contribution in [-0.4, -0.2) is 31.4 Å². The fraction of sp³-hybridized carbons (Fsp3) is 0.118. The van der Waals surface area contributed by atoms with Gasteiger partial charge in [-0.2, -0.15) is 13.2 Å². The van der Waals surface area contributed by atoms with Gasteiger partial charge in [-0.05, 0) is 23.8 Å². The second-order valence-electron chi connectivity index (χ2n) is 5.55. The van der Waals surface area contributed by atoms with Crippen molar-refractivity contribution in [2.75, 3.05) is 0 Å². The summed E-state index contributed by atoms with van der Waals surface area (Å²) in [5, 5.41) is 12.7. The number of hydrogen-bond acceptors (Lipinski definition) is 4. The molecule has 0 fully saturated rings. The van der Waals surface area contributed by atoms with Crippen molar-refractivity contribution in [3.05, 3.63) is 42.3 Å².